The number of aromatic nitrogens is 1. The predicted molar refractivity (Wildman–Crippen MR) is 93.2 cm³/mol. The van der Waals surface area contributed by atoms with Gasteiger partial charge in [0, 0.05) is 31.1 Å². The minimum Gasteiger partial charge on any atom is -0.398 e. The zero-order valence-corrected chi connectivity index (χ0v) is 14.3. The SMILES string of the molecule is Nc1ccc(NCc2sccc2Br)c2ncc(Br)cc12. The van der Waals surface area contributed by atoms with Gasteiger partial charge in [0.25, 0.3) is 0 Å². The van der Waals surface area contributed by atoms with Gasteiger partial charge in [-0.25, -0.2) is 0 Å². The van der Waals surface area contributed by atoms with Gasteiger partial charge >= 0.3 is 0 Å². The second-order valence-electron chi connectivity index (χ2n) is 4.30. The lowest BCUT2D eigenvalue weighted by molar-refractivity contribution is 1.18. The summed E-state index contributed by atoms with van der Waals surface area (Å²) in [7, 11) is 0. The molecule has 1 aromatic carbocycles. The Bertz CT molecular complexity index is 770. The highest BCUT2D eigenvalue weighted by atomic mass is 79.9. The first kappa shape index (κ1) is 13.9. The van der Waals surface area contributed by atoms with E-state index < -0.39 is 0 Å². The summed E-state index contributed by atoms with van der Waals surface area (Å²) < 4.78 is 2.06. The van der Waals surface area contributed by atoms with Crippen LogP contribution in [0.25, 0.3) is 10.9 Å². The number of hydrogen-bond acceptors (Lipinski definition) is 4. The van der Waals surface area contributed by atoms with E-state index in [1.165, 1.54) is 4.88 Å². The molecule has 0 saturated heterocycles. The Morgan fingerprint density at radius 2 is 2.10 bits per heavy atom. The summed E-state index contributed by atoms with van der Waals surface area (Å²) in [6, 6.07) is 7.92. The van der Waals surface area contributed by atoms with E-state index in [0.29, 0.717) is 0 Å². The van der Waals surface area contributed by atoms with Crippen molar-refractivity contribution in [2.45, 2.75) is 6.54 Å². The maximum atomic E-state index is 6.01. The molecule has 20 heavy (non-hydrogen) atoms. The molecule has 6 heteroatoms. The van der Waals surface area contributed by atoms with Crippen LogP contribution in [0, 0.1) is 0 Å². The van der Waals surface area contributed by atoms with Gasteiger partial charge in [-0.05, 0) is 61.5 Å². The van der Waals surface area contributed by atoms with Gasteiger partial charge in [-0.2, -0.15) is 0 Å². The monoisotopic (exact) mass is 411 g/mol. The second kappa shape index (κ2) is 5.71. The van der Waals surface area contributed by atoms with Gasteiger partial charge < -0.3 is 11.1 Å². The molecule has 102 valence electrons. The van der Waals surface area contributed by atoms with Crippen LogP contribution in [-0.4, -0.2) is 4.98 Å². The van der Waals surface area contributed by atoms with Crippen molar-refractivity contribution in [2.75, 3.05) is 11.1 Å². The molecule has 0 fully saturated rings. The van der Waals surface area contributed by atoms with Gasteiger partial charge in [-0.15, -0.1) is 11.3 Å². The normalized spacial score (nSPS) is 10.9. The molecular weight excluding hydrogens is 402 g/mol. The van der Waals surface area contributed by atoms with Crippen LogP contribution in [0.15, 0.2) is 44.8 Å². The Kier molecular flexibility index (Phi) is 3.96. The van der Waals surface area contributed by atoms with E-state index in [0.717, 1.165) is 37.8 Å². The lowest BCUT2D eigenvalue weighted by Gasteiger charge is -2.10. The predicted octanol–water partition coefficient (Wildman–Crippen LogP) is 5.02. The van der Waals surface area contributed by atoms with Crippen molar-refractivity contribution in [3.05, 3.63) is 49.7 Å². The molecule has 0 aliphatic rings. The Morgan fingerprint density at radius 1 is 1.25 bits per heavy atom. The maximum Gasteiger partial charge on any atom is 0.0954 e. The minimum atomic E-state index is 0.733. The fourth-order valence-electron chi connectivity index (χ4n) is 1.99. The fourth-order valence-corrected chi connectivity index (χ4v) is 3.75. The highest BCUT2D eigenvalue weighted by molar-refractivity contribution is 9.10. The first-order valence-corrected chi connectivity index (χ1v) is 8.41. The number of fused-ring (bicyclic) bond motifs is 1. The van der Waals surface area contributed by atoms with Crippen LogP contribution < -0.4 is 11.1 Å². The largest absolute Gasteiger partial charge is 0.398 e. The highest BCUT2D eigenvalue weighted by Gasteiger charge is 2.07. The summed E-state index contributed by atoms with van der Waals surface area (Å²) in [5.41, 5.74) is 8.63. The average Bonchev–Trinajstić information content (AvgIpc) is 2.84. The summed E-state index contributed by atoms with van der Waals surface area (Å²) in [6.07, 6.45) is 1.79. The van der Waals surface area contributed by atoms with Crippen molar-refractivity contribution in [1.82, 2.24) is 4.98 Å². The first-order valence-electron chi connectivity index (χ1n) is 5.94. The molecule has 3 nitrogen and oxygen atoms in total. The van der Waals surface area contributed by atoms with E-state index in [2.05, 4.69) is 53.6 Å². The Morgan fingerprint density at radius 3 is 2.85 bits per heavy atom. The maximum absolute atomic E-state index is 6.01. The molecule has 3 N–H and O–H groups in total. The molecular formula is C14H11Br2N3S. The van der Waals surface area contributed by atoms with Crippen LogP contribution >= 0.6 is 43.2 Å². The van der Waals surface area contributed by atoms with E-state index in [1.54, 1.807) is 17.5 Å². The molecule has 0 spiro atoms. The van der Waals surface area contributed by atoms with Crippen molar-refractivity contribution in [3.8, 4) is 0 Å². The topological polar surface area (TPSA) is 50.9 Å². The van der Waals surface area contributed by atoms with Gasteiger partial charge in [0.15, 0.2) is 0 Å². The second-order valence-corrected chi connectivity index (χ2v) is 7.07. The van der Waals surface area contributed by atoms with E-state index in [-0.39, 0.29) is 0 Å². The number of nitrogen functional groups attached to an aromatic ring is 1. The third-order valence-electron chi connectivity index (χ3n) is 2.98. The van der Waals surface area contributed by atoms with Crippen molar-refractivity contribution in [2.24, 2.45) is 0 Å². The number of nitrogens with zero attached hydrogens (tertiary/aromatic N) is 1. The van der Waals surface area contributed by atoms with Gasteiger partial charge in [0.2, 0.25) is 0 Å². The third kappa shape index (κ3) is 2.68. The number of halogens is 2. The first-order chi connectivity index (χ1) is 9.65. The molecule has 0 atom stereocenters. The molecule has 2 heterocycles. The lowest BCUT2D eigenvalue weighted by atomic mass is 10.1. The summed E-state index contributed by atoms with van der Waals surface area (Å²) in [5, 5.41) is 6.44. The molecule has 0 amide bonds. The number of thiophene rings is 1. The number of benzene rings is 1. The highest BCUT2D eigenvalue weighted by Crippen LogP contribution is 2.30. The number of hydrogen-bond donors (Lipinski definition) is 2. The van der Waals surface area contributed by atoms with Crippen LogP contribution in [0.2, 0.25) is 0 Å². The average molecular weight is 413 g/mol. The van der Waals surface area contributed by atoms with Crippen molar-refractivity contribution < 1.29 is 0 Å². The number of nitrogens with two attached hydrogens (primary N) is 1. The number of nitrogens with one attached hydrogen (secondary N) is 1. The van der Waals surface area contributed by atoms with Crippen molar-refractivity contribution in [1.29, 1.82) is 0 Å². The van der Waals surface area contributed by atoms with Gasteiger partial charge in [-0.1, -0.05) is 0 Å². The van der Waals surface area contributed by atoms with E-state index in [4.69, 9.17) is 5.73 Å². The quantitative estimate of drug-likeness (QED) is 0.594. The molecule has 3 aromatic rings. The Hall–Kier alpha value is -1.11. The van der Waals surface area contributed by atoms with Crippen LogP contribution in [0.5, 0.6) is 0 Å². The van der Waals surface area contributed by atoms with E-state index >= 15 is 0 Å². The van der Waals surface area contributed by atoms with Gasteiger partial charge in [0.1, 0.15) is 0 Å². The molecule has 2 aromatic heterocycles. The smallest absolute Gasteiger partial charge is 0.0954 e. The van der Waals surface area contributed by atoms with Crippen LogP contribution in [0.4, 0.5) is 11.4 Å². The Balaban J connectivity index is 1.96. The fraction of sp³-hybridized carbons (Fsp3) is 0.0714. The zero-order chi connectivity index (χ0) is 14.1. The van der Waals surface area contributed by atoms with Crippen molar-refractivity contribution in [3.63, 3.8) is 0 Å². The van der Waals surface area contributed by atoms with Crippen LogP contribution in [0.3, 0.4) is 0 Å². The molecule has 0 bridgehead atoms. The molecule has 3 rings (SSSR count). The number of pyridine rings is 1. The lowest BCUT2D eigenvalue weighted by Crippen LogP contribution is -2.00. The van der Waals surface area contributed by atoms with E-state index in [9.17, 15) is 0 Å². The summed E-state index contributed by atoms with van der Waals surface area (Å²) >= 11 is 8.69. The molecule has 0 saturated carbocycles. The number of rotatable bonds is 3. The standard InChI is InChI=1S/C14H11Br2N3S/c15-8-5-9-11(17)1-2-12(14(9)19-6-8)18-7-13-10(16)3-4-20-13/h1-6,18H,7,17H2. The van der Waals surface area contributed by atoms with Crippen LogP contribution in [-0.2, 0) is 6.54 Å². The summed E-state index contributed by atoms with van der Waals surface area (Å²) in [4.78, 5) is 5.72. The molecule has 0 unspecified atom stereocenters. The number of anilines is 2. The molecule has 0 aliphatic heterocycles. The zero-order valence-electron chi connectivity index (χ0n) is 10.4. The van der Waals surface area contributed by atoms with E-state index in [1.807, 2.05) is 18.2 Å². The Labute approximate surface area is 137 Å². The molecule has 0 radical (unpaired) electrons. The van der Waals surface area contributed by atoms with Gasteiger partial charge in [0.05, 0.1) is 17.7 Å². The molecule has 0 aliphatic carbocycles. The van der Waals surface area contributed by atoms with Crippen molar-refractivity contribution >= 4 is 65.5 Å². The summed E-state index contributed by atoms with van der Waals surface area (Å²) in [6.45, 7) is 0.759. The van der Waals surface area contributed by atoms with Gasteiger partial charge in [-0.3, -0.25) is 4.98 Å². The minimum absolute atomic E-state index is 0.733. The van der Waals surface area contributed by atoms with Crippen LogP contribution in [0.1, 0.15) is 4.88 Å². The third-order valence-corrected chi connectivity index (χ3v) is 5.34. The summed E-state index contributed by atoms with van der Waals surface area (Å²) in [5.74, 6) is 0.